The fourth-order valence-electron chi connectivity index (χ4n) is 3.62. The van der Waals surface area contributed by atoms with E-state index in [2.05, 4.69) is 9.88 Å². The summed E-state index contributed by atoms with van der Waals surface area (Å²) >= 11 is 6.67. The number of rotatable bonds is 4. The summed E-state index contributed by atoms with van der Waals surface area (Å²) in [5, 5.41) is 11.4. The predicted molar refractivity (Wildman–Crippen MR) is 112 cm³/mol. The SMILES string of the molecule is CN(C)S(=O)(=O)c1ccc(N2CCC(O)C2)c(-c2[nH]c3ccccc3c2Cl)c1. The third-order valence-corrected chi connectivity index (χ3v) is 7.37. The van der Waals surface area contributed by atoms with Crippen LogP contribution in [0.5, 0.6) is 0 Å². The van der Waals surface area contributed by atoms with Gasteiger partial charge in [-0.25, -0.2) is 12.7 Å². The van der Waals surface area contributed by atoms with Crippen LogP contribution in [0.2, 0.25) is 5.02 Å². The summed E-state index contributed by atoms with van der Waals surface area (Å²) in [6.07, 6.45) is 0.286. The molecule has 2 heterocycles. The molecule has 1 fully saturated rings. The molecule has 1 atom stereocenters. The summed E-state index contributed by atoms with van der Waals surface area (Å²) in [7, 11) is -0.574. The Kier molecular flexibility index (Phi) is 4.87. The van der Waals surface area contributed by atoms with Gasteiger partial charge in [0.15, 0.2) is 0 Å². The lowest BCUT2D eigenvalue weighted by Crippen LogP contribution is -2.24. The summed E-state index contributed by atoms with van der Waals surface area (Å²) in [6, 6.07) is 12.8. The average molecular weight is 420 g/mol. The molecule has 0 radical (unpaired) electrons. The smallest absolute Gasteiger partial charge is 0.242 e. The Morgan fingerprint density at radius 1 is 1.21 bits per heavy atom. The maximum Gasteiger partial charge on any atom is 0.242 e. The number of benzene rings is 2. The van der Waals surface area contributed by atoms with E-state index >= 15 is 0 Å². The minimum absolute atomic E-state index is 0.200. The number of aliphatic hydroxyl groups is 1. The Hall–Kier alpha value is -2.06. The number of anilines is 1. The van der Waals surface area contributed by atoms with Crippen molar-refractivity contribution in [1.82, 2.24) is 9.29 Å². The van der Waals surface area contributed by atoms with Crippen molar-refractivity contribution in [2.45, 2.75) is 17.4 Å². The maximum absolute atomic E-state index is 12.7. The summed E-state index contributed by atoms with van der Waals surface area (Å²) < 4.78 is 26.6. The minimum Gasteiger partial charge on any atom is -0.391 e. The number of hydrogen-bond acceptors (Lipinski definition) is 4. The van der Waals surface area contributed by atoms with E-state index in [9.17, 15) is 13.5 Å². The lowest BCUT2D eigenvalue weighted by Gasteiger charge is -2.23. The fraction of sp³-hybridized carbons (Fsp3) is 0.300. The van der Waals surface area contributed by atoms with Crippen LogP contribution in [-0.4, -0.2) is 56.1 Å². The molecule has 1 unspecified atom stereocenters. The van der Waals surface area contributed by atoms with Crippen LogP contribution in [0.1, 0.15) is 6.42 Å². The van der Waals surface area contributed by atoms with Crippen molar-refractivity contribution < 1.29 is 13.5 Å². The van der Waals surface area contributed by atoms with Crippen molar-refractivity contribution in [1.29, 1.82) is 0 Å². The molecule has 1 aromatic heterocycles. The highest BCUT2D eigenvalue weighted by Gasteiger charge is 2.27. The van der Waals surface area contributed by atoms with E-state index in [4.69, 9.17) is 11.6 Å². The van der Waals surface area contributed by atoms with Crippen LogP contribution < -0.4 is 4.90 Å². The van der Waals surface area contributed by atoms with Gasteiger partial charge < -0.3 is 15.0 Å². The average Bonchev–Trinajstić information content (AvgIpc) is 3.25. The first-order valence-electron chi connectivity index (χ1n) is 9.05. The first kappa shape index (κ1) is 19.3. The van der Waals surface area contributed by atoms with E-state index in [0.717, 1.165) is 16.6 Å². The lowest BCUT2D eigenvalue weighted by atomic mass is 10.1. The van der Waals surface area contributed by atoms with Gasteiger partial charge in [0.05, 0.1) is 21.7 Å². The van der Waals surface area contributed by atoms with Crippen LogP contribution in [-0.2, 0) is 10.0 Å². The zero-order valence-electron chi connectivity index (χ0n) is 15.7. The Morgan fingerprint density at radius 3 is 2.61 bits per heavy atom. The van der Waals surface area contributed by atoms with Crippen molar-refractivity contribution in [3.05, 3.63) is 47.5 Å². The molecule has 28 heavy (non-hydrogen) atoms. The minimum atomic E-state index is -3.59. The van der Waals surface area contributed by atoms with E-state index in [0.29, 0.717) is 35.8 Å². The molecular weight excluding hydrogens is 398 g/mol. The van der Waals surface area contributed by atoms with Gasteiger partial charge >= 0.3 is 0 Å². The number of aromatic nitrogens is 1. The third kappa shape index (κ3) is 3.18. The van der Waals surface area contributed by atoms with Gasteiger partial charge in [-0.3, -0.25) is 0 Å². The number of para-hydroxylation sites is 1. The highest BCUT2D eigenvalue weighted by Crippen LogP contribution is 2.41. The van der Waals surface area contributed by atoms with Gasteiger partial charge in [-0.15, -0.1) is 0 Å². The summed E-state index contributed by atoms with van der Waals surface area (Å²) in [5.41, 5.74) is 3.12. The van der Waals surface area contributed by atoms with Crippen LogP contribution in [0.3, 0.4) is 0 Å². The molecule has 1 saturated heterocycles. The van der Waals surface area contributed by atoms with Crippen molar-refractivity contribution in [3.63, 3.8) is 0 Å². The number of hydrogen-bond donors (Lipinski definition) is 2. The van der Waals surface area contributed by atoms with Gasteiger partial charge in [-0.2, -0.15) is 0 Å². The van der Waals surface area contributed by atoms with Gasteiger partial charge in [-0.1, -0.05) is 29.8 Å². The third-order valence-electron chi connectivity index (χ3n) is 5.16. The number of aromatic amines is 1. The molecule has 1 aliphatic rings. The Morgan fingerprint density at radius 2 is 1.96 bits per heavy atom. The van der Waals surface area contributed by atoms with Gasteiger partial charge in [-0.05, 0) is 30.7 Å². The Bertz CT molecular complexity index is 1140. The molecule has 4 rings (SSSR count). The van der Waals surface area contributed by atoms with Gasteiger partial charge in [0.25, 0.3) is 0 Å². The molecular formula is C20H22ClN3O3S. The van der Waals surface area contributed by atoms with Gasteiger partial charge in [0.2, 0.25) is 10.0 Å². The fourth-order valence-corrected chi connectivity index (χ4v) is 4.86. The van der Waals surface area contributed by atoms with Crippen LogP contribution in [0, 0.1) is 0 Å². The zero-order valence-corrected chi connectivity index (χ0v) is 17.3. The monoisotopic (exact) mass is 419 g/mol. The molecule has 2 aromatic carbocycles. The van der Waals surface area contributed by atoms with Crippen LogP contribution in [0.4, 0.5) is 5.69 Å². The predicted octanol–water partition coefficient (Wildman–Crippen LogP) is 3.31. The van der Waals surface area contributed by atoms with E-state index < -0.39 is 16.1 Å². The second-order valence-corrected chi connectivity index (χ2v) is 9.74. The summed E-state index contributed by atoms with van der Waals surface area (Å²) in [6.45, 7) is 1.20. The number of aliphatic hydroxyl groups excluding tert-OH is 1. The number of nitrogens with zero attached hydrogens (tertiary/aromatic N) is 2. The number of halogens is 1. The molecule has 3 aromatic rings. The molecule has 8 heteroatoms. The van der Waals surface area contributed by atoms with Crippen molar-refractivity contribution in [3.8, 4) is 11.3 Å². The Balaban J connectivity index is 1.94. The standard InChI is InChI=1S/C20H22ClN3O3S/c1-23(2)28(26,27)14-7-8-18(24-10-9-13(25)12-24)16(11-14)20-19(21)15-5-3-4-6-17(15)22-20/h3-8,11,13,22,25H,9-10,12H2,1-2H3. The van der Waals surface area contributed by atoms with Crippen molar-refractivity contribution >= 4 is 38.2 Å². The first-order valence-corrected chi connectivity index (χ1v) is 10.9. The van der Waals surface area contributed by atoms with E-state index in [1.54, 1.807) is 18.2 Å². The van der Waals surface area contributed by atoms with Gasteiger partial charge in [0.1, 0.15) is 0 Å². The molecule has 0 saturated carbocycles. The number of sulfonamides is 1. The van der Waals surface area contributed by atoms with Crippen LogP contribution in [0.15, 0.2) is 47.4 Å². The maximum atomic E-state index is 12.7. The van der Waals surface area contributed by atoms with Crippen LogP contribution in [0.25, 0.3) is 22.2 Å². The topological polar surface area (TPSA) is 76.6 Å². The largest absolute Gasteiger partial charge is 0.391 e. The van der Waals surface area contributed by atoms with Gasteiger partial charge in [0, 0.05) is 49.3 Å². The number of β-amino-alcohol motifs (C(OH)–C–C–N with tert-alkyl or cyclic N) is 1. The first-order chi connectivity index (χ1) is 13.3. The molecule has 0 aliphatic carbocycles. The highest BCUT2D eigenvalue weighted by atomic mass is 35.5. The second kappa shape index (κ2) is 7.08. The van der Waals surface area contributed by atoms with E-state index in [1.807, 2.05) is 24.3 Å². The molecule has 2 N–H and O–H groups in total. The summed E-state index contributed by atoms with van der Waals surface area (Å²) in [5.74, 6) is 0. The quantitative estimate of drug-likeness (QED) is 0.680. The van der Waals surface area contributed by atoms with Crippen molar-refractivity contribution in [2.24, 2.45) is 0 Å². The molecule has 1 aliphatic heterocycles. The zero-order chi connectivity index (χ0) is 20.1. The molecule has 0 bridgehead atoms. The molecule has 0 amide bonds. The Labute approximate surface area is 169 Å². The molecule has 148 valence electrons. The van der Waals surface area contributed by atoms with E-state index in [1.165, 1.54) is 18.4 Å². The molecule has 6 nitrogen and oxygen atoms in total. The van der Waals surface area contributed by atoms with Crippen molar-refractivity contribution in [2.75, 3.05) is 32.1 Å². The normalized spacial score (nSPS) is 17.8. The highest BCUT2D eigenvalue weighted by molar-refractivity contribution is 7.89. The number of H-pyrrole nitrogens is 1. The second-order valence-electron chi connectivity index (χ2n) is 7.21. The summed E-state index contributed by atoms with van der Waals surface area (Å²) in [4.78, 5) is 5.60. The lowest BCUT2D eigenvalue weighted by molar-refractivity contribution is 0.198. The van der Waals surface area contributed by atoms with Crippen LogP contribution >= 0.6 is 11.6 Å². The number of nitrogens with one attached hydrogen (secondary N) is 1. The molecule has 0 spiro atoms. The number of fused-ring (bicyclic) bond motifs is 1. The van der Waals surface area contributed by atoms with E-state index in [-0.39, 0.29) is 4.90 Å².